The Balaban J connectivity index is 2.41. The van der Waals surface area contributed by atoms with E-state index in [0.29, 0.717) is 0 Å². The number of benzene rings is 2. The molecule has 2 heteroatoms. The molecule has 0 bridgehead atoms. The summed E-state index contributed by atoms with van der Waals surface area (Å²) in [6.07, 6.45) is 0. The van der Waals surface area contributed by atoms with Gasteiger partial charge in [0.1, 0.15) is 0 Å². The van der Waals surface area contributed by atoms with Crippen LogP contribution in [0.2, 0.25) is 0 Å². The molecule has 0 aliphatic carbocycles. The van der Waals surface area contributed by atoms with Crippen molar-refractivity contribution < 1.29 is 0 Å². The van der Waals surface area contributed by atoms with Gasteiger partial charge in [0.25, 0.3) is 0 Å². The van der Waals surface area contributed by atoms with Crippen molar-refractivity contribution in [2.24, 2.45) is 0 Å². The Bertz CT molecular complexity index is 412. The van der Waals surface area contributed by atoms with Crippen molar-refractivity contribution in [3.05, 3.63) is 60.7 Å². The van der Waals surface area contributed by atoms with Gasteiger partial charge in [0.2, 0.25) is 8.96 Å². The summed E-state index contributed by atoms with van der Waals surface area (Å²) in [7, 11) is -0.807. The van der Waals surface area contributed by atoms with Gasteiger partial charge in [-0.15, -0.1) is 0 Å². The van der Waals surface area contributed by atoms with Crippen LogP contribution in [-0.2, 0) is 0 Å². The Morgan fingerprint density at radius 2 is 1.11 bits per heavy atom. The van der Waals surface area contributed by atoms with Gasteiger partial charge < -0.3 is 4.57 Å². The van der Waals surface area contributed by atoms with Gasteiger partial charge in [0.15, 0.2) is 0 Å². The summed E-state index contributed by atoms with van der Waals surface area (Å²) < 4.78 is 2.59. The van der Waals surface area contributed by atoms with E-state index in [9.17, 15) is 0 Å². The highest BCUT2D eigenvalue weighted by molar-refractivity contribution is 6.82. The first-order chi connectivity index (χ1) is 8.86. The normalized spacial score (nSPS) is 11.1. The van der Waals surface area contributed by atoms with E-state index in [-0.39, 0.29) is 0 Å². The van der Waals surface area contributed by atoms with Gasteiger partial charge in [0, 0.05) is 0 Å². The van der Waals surface area contributed by atoms with E-state index in [1.165, 1.54) is 10.4 Å². The average molecular weight is 254 g/mol. The van der Waals surface area contributed by atoms with E-state index >= 15 is 0 Å². The van der Waals surface area contributed by atoms with Gasteiger partial charge in [-0.05, 0) is 23.5 Å². The van der Waals surface area contributed by atoms with Crippen molar-refractivity contribution in [1.29, 1.82) is 0 Å². The summed E-state index contributed by atoms with van der Waals surface area (Å²) in [4.78, 5) is 0. The molecule has 93 valence electrons. The van der Waals surface area contributed by atoms with Crippen molar-refractivity contribution >= 4 is 19.3 Å². The molecular formula is C16H20NSi. The molecular weight excluding hydrogens is 234 g/mol. The van der Waals surface area contributed by atoms with Crippen molar-refractivity contribution in [3.8, 4) is 0 Å². The van der Waals surface area contributed by atoms with Crippen LogP contribution in [0.3, 0.4) is 0 Å². The number of hydrogen-bond acceptors (Lipinski definition) is 1. The summed E-state index contributed by atoms with van der Waals surface area (Å²) in [5.74, 6) is 0. The molecule has 0 N–H and O–H groups in total. The zero-order valence-corrected chi connectivity index (χ0v) is 12.1. The van der Waals surface area contributed by atoms with E-state index in [4.69, 9.17) is 0 Å². The maximum atomic E-state index is 2.59. The lowest BCUT2D eigenvalue weighted by Gasteiger charge is -2.28. The van der Waals surface area contributed by atoms with Crippen LogP contribution in [-0.4, -0.2) is 26.6 Å². The molecule has 1 nitrogen and oxygen atoms in total. The molecule has 0 saturated heterocycles. The second-order valence-electron chi connectivity index (χ2n) is 4.25. The van der Waals surface area contributed by atoms with Gasteiger partial charge in [-0.3, -0.25) is 0 Å². The minimum absolute atomic E-state index is 0.807. The van der Waals surface area contributed by atoms with Crippen molar-refractivity contribution in [1.82, 2.24) is 4.57 Å². The molecule has 0 aliphatic heterocycles. The molecule has 0 aliphatic rings. The Hall–Kier alpha value is -1.38. The molecule has 2 aromatic rings. The second-order valence-corrected chi connectivity index (χ2v) is 6.74. The molecule has 18 heavy (non-hydrogen) atoms. The molecule has 0 spiro atoms. The van der Waals surface area contributed by atoms with Crippen molar-refractivity contribution in [3.63, 3.8) is 0 Å². The third-order valence-corrected chi connectivity index (χ3v) is 6.20. The summed E-state index contributed by atoms with van der Waals surface area (Å²) in [6, 6.07) is 21.8. The minimum Gasteiger partial charge on any atom is -0.318 e. The highest BCUT2D eigenvalue weighted by Gasteiger charge is 2.22. The molecule has 0 aromatic heterocycles. The maximum Gasteiger partial charge on any atom is 0.209 e. The predicted octanol–water partition coefficient (Wildman–Crippen LogP) is 2.13. The van der Waals surface area contributed by atoms with Crippen LogP contribution in [0.4, 0.5) is 0 Å². The van der Waals surface area contributed by atoms with E-state index in [2.05, 4.69) is 79.1 Å². The van der Waals surface area contributed by atoms with Gasteiger partial charge in [0.05, 0.1) is 0 Å². The monoisotopic (exact) mass is 254 g/mol. The van der Waals surface area contributed by atoms with Gasteiger partial charge >= 0.3 is 0 Å². The summed E-state index contributed by atoms with van der Waals surface area (Å²) in [5.41, 5.74) is 0. The van der Waals surface area contributed by atoms with Gasteiger partial charge in [-0.25, -0.2) is 0 Å². The first-order valence-corrected chi connectivity index (χ1v) is 8.04. The van der Waals surface area contributed by atoms with Crippen LogP contribution in [0.1, 0.15) is 13.8 Å². The summed E-state index contributed by atoms with van der Waals surface area (Å²) in [5, 5.41) is 2.94. The predicted molar refractivity (Wildman–Crippen MR) is 80.8 cm³/mol. The highest BCUT2D eigenvalue weighted by atomic mass is 28.3. The summed E-state index contributed by atoms with van der Waals surface area (Å²) in [6.45, 7) is 6.71. The smallest absolute Gasteiger partial charge is 0.209 e. The zero-order chi connectivity index (χ0) is 12.8. The lowest BCUT2D eigenvalue weighted by molar-refractivity contribution is 0.491. The fraction of sp³-hybridized carbons (Fsp3) is 0.250. The Kier molecular flexibility index (Phi) is 4.73. The fourth-order valence-electron chi connectivity index (χ4n) is 2.26. The highest BCUT2D eigenvalue weighted by Crippen LogP contribution is 1.99. The van der Waals surface area contributed by atoms with Gasteiger partial charge in [-0.1, -0.05) is 74.5 Å². The Morgan fingerprint density at radius 1 is 0.722 bits per heavy atom. The van der Waals surface area contributed by atoms with Crippen molar-refractivity contribution in [2.45, 2.75) is 13.8 Å². The quantitative estimate of drug-likeness (QED) is 0.739. The van der Waals surface area contributed by atoms with Crippen LogP contribution in [0.5, 0.6) is 0 Å². The molecule has 1 radical (unpaired) electrons. The maximum absolute atomic E-state index is 2.59. The molecule has 0 unspecified atom stereocenters. The van der Waals surface area contributed by atoms with E-state index in [0.717, 1.165) is 13.1 Å². The first kappa shape index (κ1) is 13.1. The average Bonchev–Trinajstić information content (AvgIpc) is 2.46. The topological polar surface area (TPSA) is 3.24 Å². The van der Waals surface area contributed by atoms with E-state index in [1.807, 2.05) is 0 Å². The van der Waals surface area contributed by atoms with Crippen LogP contribution < -0.4 is 10.4 Å². The van der Waals surface area contributed by atoms with Crippen molar-refractivity contribution in [2.75, 3.05) is 13.1 Å². The molecule has 0 fully saturated rings. The third kappa shape index (κ3) is 2.89. The zero-order valence-electron chi connectivity index (χ0n) is 11.1. The fourth-order valence-corrected chi connectivity index (χ4v) is 4.98. The second kappa shape index (κ2) is 6.52. The molecule has 0 amide bonds. The molecule has 0 heterocycles. The SMILES string of the molecule is CCN(CC)[Si](c1ccccc1)c1ccccc1. The number of nitrogens with zero attached hydrogens (tertiary/aromatic N) is 1. The van der Waals surface area contributed by atoms with E-state index in [1.54, 1.807) is 0 Å². The third-order valence-electron chi connectivity index (χ3n) is 3.17. The molecule has 0 atom stereocenters. The molecule has 2 aromatic carbocycles. The summed E-state index contributed by atoms with van der Waals surface area (Å²) >= 11 is 0. The number of hydrogen-bond donors (Lipinski definition) is 0. The van der Waals surface area contributed by atoms with E-state index < -0.39 is 8.96 Å². The standard InChI is InChI=1S/C16H20NSi/c1-3-17(4-2)18(15-11-7-5-8-12-15)16-13-9-6-10-14-16/h5-14H,3-4H2,1-2H3. The lowest BCUT2D eigenvalue weighted by atomic mass is 10.4. The first-order valence-electron chi connectivity index (χ1n) is 6.59. The van der Waals surface area contributed by atoms with Crippen LogP contribution in [0.25, 0.3) is 0 Å². The van der Waals surface area contributed by atoms with Crippen LogP contribution in [0.15, 0.2) is 60.7 Å². The molecule has 0 saturated carbocycles. The van der Waals surface area contributed by atoms with Gasteiger partial charge in [-0.2, -0.15) is 0 Å². The molecule has 2 rings (SSSR count). The Morgan fingerprint density at radius 3 is 1.44 bits per heavy atom. The lowest BCUT2D eigenvalue weighted by Crippen LogP contribution is -2.56. The minimum atomic E-state index is -0.807. The number of rotatable bonds is 5. The van der Waals surface area contributed by atoms with Crippen LogP contribution in [0, 0.1) is 0 Å². The van der Waals surface area contributed by atoms with Crippen LogP contribution >= 0.6 is 0 Å². The largest absolute Gasteiger partial charge is 0.318 e. The Labute approximate surface area is 112 Å².